The molecule has 198 valence electrons. The number of hydrogen-bond acceptors (Lipinski definition) is 7. The molecule has 1 saturated carbocycles. The van der Waals surface area contributed by atoms with Crippen LogP contribution < -0.4 is 0 Å². The molecule has 0 spiro atoms. The number of rotatable bonds is 9. The molecule has 2 aromatic heterocycles. The first-order valence-electron chi connectivity index (χ1n) is 13.4. The summed E-state index contributed by atoms with van der Waals surface area (Å²) < 4.78 is 7.70. The lowest BCUT2D eigenvalue weighted by molar-refractivity contribution is -0.0483. The number of aromatic nitrogens is 4. The van der Waals surface area contributed by atoms with Crippen molar-refractivity contribution in [2.75, 3.05) is 39.3 Å². The smallest absolute Gasteiger partial charge is 0.409 e. The Hall–Kier alpha value is -3.07. The van der Waals surface area contributed by atoms with Crippen LogP contribution in [0.1, 0.15) is 57.2 Å². The van der Waals surface area contributed by atoms with Gasteiger partial charge in [0, 0.05) is 67.2 Å². The molecule has 0 radical (unpaired) electrons. The van der Waals surface area contributed by atoms with Crippen LogP contribution in [0.3, 0.4) is 0 Å². The highest BCUT2D eigenvalue weighted by molar-refractivity contribution is 5.72. The van der Waals surface area contributed by atoms with E-state index in [-0.39, 0.29) is 17.0 Å². The van der Waals surface area contributed by atoms with Crippen LogP contribution in [-0.4, -0.2) is 87.7 Å². The second-order valence-corrected chi connectivity index (χ2v) is 11.3. The van der Waals surface area contributed by atoms with Gasteiger partial charge in [0.15, 0.2) is 0 Å². The summed E-state index contributed by atoms with van der Waals surface area (Å²) in [5.41, 5.74) is 3.99. The molecule has 9 heteroatoms. The first kappa shape index (κ1) is 25.6. The van der Waals surface area contributed by atoms with Crippen molar-refractivity contribution in [1.82, 2.24) is 29.5 Å². The standard InChI is InChI=1S/C28H39N7O2/c1-5-6-24-21(2)30-20-31-25(24)22-15-32-35(16-22)28(11-12-29-4)17-34(18-28)23-7-13-33(14-8-23)26(36)37-19-27(3)9-10-27/h5-6,15-16,20,23H,4,7-14,17-19H2,1-3H3. The van der Waals surface area contributed by atoms with Gasteiger partial charge < -0.3 is 14.6 Å². The predicted molar refractivity (Wildman–Crippen MR) is 145 cm³/mol. The fourth-order valence-electron chi connectivity index (χ4n) is 5.56. The Balaban J connectivity index is 1.23. The molecule has 0 aromatic carbocycles. The van der Waals surface area contributed by atoms with E-state index < -0.39 is 0 Å². The van der Waals surface area contributed by atoms with E-state index in [9.17, 15) is 4.79 Å². The Morgan fingerprint density at radius 3 is 2.70 bits per heavy atom. The number of hydrogen-bond donors (Lipinski definition) is 0. The molecule has 3 fully saturated rings. The third-order valence-corrected chi connectivity index (χ3v) is 8.38. The average molecular weight is 506 g/mol. The van der Waals surface area contributed by atoms with Crippen LogP contribution in [0.5, 0.6) is 0 Å². The molecule has 1 amide bonds. The normalized spacial score (nSPS) is 21.1. The first-order chi connectivity index (χ1) is 17.9. The minimum absolute atomic E-state index is 0.113. The maximum atomic E-state index is 12.5. The fourth-order valence-corrected chi connectivity index (χ4v) is 5.56. The molecule has 0 N–H and O–H groups in total. The van der Waals surface area contributed by atoms with Crippen molar-refractivity contribution in [2.24, 2.45) is 10.4 Å². The number of piperidine rings is 1. The average Bonchev–Trinajstić information content (AvgIpc) is 3.41. The molecule has 1 aliphatic carbocycles. The third-order valence-electron chi connectivity index (χ3n) is 8.38. The van der Waals surface area contributed by atoms with Crippen LogP contribution in [0.2, 0.25) is 0 Å². The highest BCUT2D eigenvalue weighted by atomic mass is 16.6. The Labute approximate surface area is 219 Å². The fraction of sp³-hybridized carbons (Fsp3) is 0.607. The number of aryl methyl sites for hydroxylation is 1. The molecule has 2 aromatic rings. The maximum absolute atomic E-state index is 12.5. The van der Waals surface area contributed by atoms with Gasteiger partial charge in [0.05, 0.1) is 24.0 Å². The van der Waals surface area contributed by atoms with Crippen molar-refractivity contribution in [2.45, 2.75) is 64.5 Å². The topological polar surface area (TPSA) is 88.7 Å². The largest absolute Gasteiger partial charge is 0.449 e. The van der Waals surface area contributed by atoms with E-state index in [0.29, 0.717) is 19.2 Å². The summed E-state index contributed by atoms with van der Waals surface area (Å²) in [7, 11) is 0. The van der Waals surface area contributed by atoms with Crippen LogP contribution in [0.25, 0.3) is 17.3 Å². The van der Waals surface area contributed by atoms with Crippen LogP contribution in [0.4, 0.5) is 4.79 Å². The van der Waals surface area contributed by atoms with E-state index in [4.69, 9.17) is 9.84 Å². The van der Waals surface area contributed by atoms with E-state index in [1.165, 1.54) is 0 Å². The van der Waals surface area contributed by atoms with Crippen LogP contribution in [0.15, 0.2) is 29.8 Å². The quantitative estimate of drug-likeness (QED) is 0.475. The van der Waals surface area contributed by atoms with Crippen molar-refractivity contribution < 1.29 is 9.53 Å². The molecule has 3 aliphatic rings. The van der Waals surface area contributed by atoms with Gasteiger partial charge in [0.1, 0.15) is 6.33 Å². The van der Waals surface area contributed by atoms with Gasteiger partial charge in [-0.25, -0.2) is 14.8 Å². The molecule has 0 unspecified atom stereocenters. The van der Waals surface area contributed by atoms with E-state index >= 15 is 0 Å². The number of ether oxygens (including phenoxy) is 1. The second kappa shape index (κ2) is 10.4. The molecule has 37 heavy (non-hydrogen) atoms. The van der Waals surface area contributed by atoms with E-state index in [1.54, 1.807) is 6.33 Å². The number of carbonyl (C=O) groups excluding carboxylic acids is 1. The summed E-state index contributed by atoms with van der Waals surface area (Å²) in [4.78, 5) is 30.0. The van der Waals surface area contributed by atoms with Gasteiger partial charge in [-0.3, -0.25) is 9.58 Å². The van der Waals surface area contributed by atoms with E-state index in [2.05, 4.69) is 50.5 Å². The van der Waals surface area contributed by atoms with Gasteiger partial charge in [0.25, 0.3) is 0 Å². The maximum Gasteiger partial charge on any atom is 0.409 e. The number of amides is 1. The number of aliphatic imine (C=N–C) groups is 1. The van der Waals surface area contributed by atoms with Crippen LogP contribution >= 0.6 is 0 Å². The zero-order valence-electron chi connectivity index (χ0n) is 22.4. The van der Waals surface area contributed by atoms with Gasteiger partial charge in [0.2, 0.25) is 0 Å². The van der Waals surface area contributed by atoms with E-state index in [0.717, 1.165) is 80.8 Å². The first-order valence-corrected chi connectivity index (χ1v) is 13.4. The number of allylic oxidation sites excluding steroid dienone is 1. The summed E-state index contributed by atoms with van der Waals surface area (Å²) in [5, 5.41) is 4.80. The Kier molecular flexibility index (Phi) is 7.16. The Morgan fingerprint density at radius 1 is 1.27 bits per heavy atom. The monoisotopic (exact) mass is 505 g/mol. The molecule has 9 nitrogen and oxygen atoms in total. The zero-order chi connectivity index (χ0) is 26.0. The molecular weight excluding hydrogens is 466 g/mol. The van der Waals surface area contributed by atoms with Gasteiger partial charge in [-0.15, -0.1) is 0 Å². The predicted octanol–water partition coefficient (Wildman–Crippen LogP) is 4.18. The molecular formula is C28H39N7O2. The van der Waals surface area contributed by atoms with Crippen LogP contribution in [-0.2, 0) is 10.3 Å². The van der Waals surface area contributed by atoms with E-state index in [1.807, 2.05) is 31.0 Å². The molecule has 4 heterocycles. The van der Waals surface area contributed by atoms with Crippen molar-refractivity contribution in [3.05, 3.63) is 36.1 Å². The molecule has 0 bridgehead atoms. The van der Waals surface area contributed by atoms with Gasteiger partial charge in [-0.1, -0.05) is 19.1 Å². The molecule has 5 rings (SSSR count). The lowest BCUT2D eigenvalue weighted by Crippen LogP contribution is -2.66. The number of nitrogens with zero attached hydrogens (tertiary/aromatic N) is 7. The minimum Gasteiger partial charge on any atom is -0.449 e. The summed E-state index contributed by atoms with van der Waals surface area (Å²) in [6.45, 7) is 14.5. The summed E-state index contributed by atoms with van der Waals surface area (Å²) in [6, 6.07) is 0.468. The Bertz CT molecular complexity index is 1160. The lowest BCUT2D eigenvalue weighted by Gasteiger charge is -2.54. The van der Waals surface area contributed by atoms with Gasteiger partial charge in [-0.2, -0.15) is 5.10 Å². The van der Waals surface area contributed by atoms with Crippen LogP contribution in [0, 0.1) is 12.3 Å². The van der Waals surface area contributed by atoms with Crippen molar-refractivity contribution >= 4 is 18.9 Å². The SMILES string of the molecule is C=NCCC1(n2cc(-c3ncnc(C)c3C=CC)cn2)CN(C2CCN(C(=O)OCC3(C)CC3)CC2)C1. The lowest BCUT2D eigenvalue weighted by atomic mass is 9.83. The summed E-state index contributed by atoms with van der Waals surface area (Å²) in [5.74, 6) is 0. The number of carbonyl (C=O) groups is 1. The molecule has 2 aliphatic heterocycles. The highest BCUT2D eigenvalue weighted by Crippen LogP contribution is 2.45. The zero-order valence-corrected chi connectivity index (χ0v) is 22.4. The highest BCUT2D eigenvalue weighted by Gasteiger charge is 2.48. The second-order valence-electron chi connectivity index (χ2n) is 11.3. The van der Waals surface area contributed by atoms with Gasteiger partial charge >= 0.3 is 6.09 Å². The summed E-state index contributed by atoms with van der Waals surface area (Å²) >= 11 is 0. The molecule has 2 saturated heterocycles. The van der Waals surface area contributed by atoms with Crippen molar-refractivity contribution in [1.29, 1.82) is 0 Å². The van der Waals surface area contributed by atoms with Crippen molar-refractivity contribution in [3.8, 4) is 11.3 Å². The number of likely N-dealkylation sites (tertiary alicyclic amines) is 2. The minimum atomic E-state index is -0.150. The molecule has 0 atom stereocenters. The van der Waals surface area contributed by atoms with Crippen molar-refractivity contribution in [3.63, 3.8) is 0 Å². The third kappa shape index (κ3) is 5.32. The van der Waals surface area contributed by atoms with Gasteiger partial charge in [-0.05, 0) is 52.7 Å². The Morgan fingerprint density at radius 2 is 2.03 bits per heavy atom. The summed E-state index contributed by atoms with van der Waals surface area (Å²) in [6.07, 6.45) is 14.7.